The molecule has 0 fully saturated rings. The van der Waals surface area contributed by atoms with Crippen LogP contribution in [0.3, 0.4) is 0 Å². The van der Waals surface area contributed by atoms with Gasteiger partial charge in [-0.25, -0.2) is 15.0 Å². The topological polar surface area (TPSA) is 50.7 Å². The van der Waals surface area contributed by atoms with Crippen molar-refractivity contribution in [2.75, 3.05) is 7.05 Å². The Bertz CT molecular complexity index is 664. The lowest BCUT2D eigenvalue weighted by atomic mass is 9.74. The van der Waals surface area contributed by atoms with Gasteiger partial charge in [0.25, 0.3) is 0 Å². The van der Waals surface area contributed by atoms with E-state index in [1.165, 1.54) is 5.56 Å². The van der Waals surface area contributed by atoms with Crippen molar-refractivity contribution in [3.63, 3.8) is 0 Å². The Morgan fingerprint density at radius 1 is 1.24 bits per heavy atom. The van der Waals surface area contributed by atoms with Gasteiger partial charge in [0.2, 0.25) is 0 Å². The van der Waals surface area contributed by atoms with Crippen molar-refractivity contribution in [3.8, 4) is 11.5 Å². The highest BCUT2D eigenvalue weighted by Crippen LogP contribution is 2.39. The molecular formula is C17H22N4. The van der Waals surface area contributed by atoms with Crippen molar-refractivity contribution < 1.29 is 0 Å². The molecule has 0 amide bonds. The molecule has 0 aromatic carbocycles. The van der Waals surface area contributed by atoms with Gasteiger partial charge < -0.3 is 5.32 Å². The lowest BCUT2D eigenvalue weighted by molar-refractivity contribution is 0.260. The highest BCUT2D eigenvalue weighted by atomic mass is 15.0. The minimum Gasteiger partial charge on any atom is -0.313 e. The quantitative estimate of drug-likeness (QED) is 0.919. The van der Waals surface area contributed by atoms with Crippen LogP contribution in [0.2, 0.25) is 0 Å². The van der Waals surface area contributed by atoms with Gasteiger partial charge in [-0.1, -0.05) is 19.9 Å². The largest absolute Gasteiger partial charge is 0.313 e. The lowest BCUT2D eigenvalue weighted by Crippen LogP contribution is -2.32. The van der Waals surface area contributed by atoms with Gasteiger partial charge in [-0.3, -0.25) is 0 Å². The van der Waals surface area contributed by atoms with E-state index in [-0.39, 0.29) is 5.41 Å². The molecule has 1 atom stereocenters. The number of rotatable bonds is 2. The van der Waals surface area contributed by atoms with Crippen LogP contribution in [0, 0.1) is 12.3 Å². The highest BCUT2D eigenvalue weighted by Gasteiger charge is 2.32. The van der Waals surface area contributed by atoms with E-state index in [0.29, 0.717) is 6.04 Å². The smallest absolute Gasteiger partial charge is 0.178 e. The van der Waals surface area contributed by atoms with Crippen LogP contribution < -0.4 is 5.32 Å². The van der Waals surface area contributed by atoms with Crippen molar-refractivity contribution >= 4 is 0 Å². The Kier molecular flexibility index (Phi) is 3.49. The molecule has 1 aliphatic carbocycles. The number of hydrogen-bond donors (Lipinski definition) is 1. The first kappa shape index (κ1) is 14.1. The van der Waals surface area contributed by atoms with E-state index in [0.717, 1.165) is 35.7 Å². The molecule has 1 N–H and O–H groups in total. The molecule has 1 unspecified atom stereocenters. The monoisotopic (exact) mass is 282 g/mol. The van der Waals surface area contributed by atoms with Crippen LogP contribution in [0.5, 0.6) is 0 Å². The Morgan fingerprint density at radius 2 is 2.05 bits per heavy atom. The average Bonchev–Trinajstić information content (AvgIpc) is 2.44. The minimum absolute atomic E-state index is 0.256. The average molecular weight is 282 g/mol. The van der Waals surface area contributed by atoms with Crippen LogP contribution in [0.25, 0.3) is 11.5 Å². The van der Waals surface area contributed by atoms with Gasteiger partial charge in [-0.2, -0.15) is 0 Å². The summed E-state index contributed by atoms with van der Waals surface area (Å²) in [7, 11) is 2.01. The van der Waals surface area contributed by atoms with Crippen molar-refractivity contribution in [1.29, 1.82) is 0 Å². The van der Waals surface area contributed by atoms with E-state index in [9.17, 15) is 0 Å². The number of hydrogen-bond acceptors (Lipinski definition) is 4. The van der Waals surface area contributed by atoms with Gasteiger partial charge >= 0.3 is 0 Å². The molecule has 0 bridgehead atoms. The number of fused-ring (bicyclic) bond motifs is 1. The molecule has 0 aliphatic heterocycles. The number of pyridine rings is 1. The second kappa shape index (κ2) is 5.19. The molecule has 4 heteroatoms. The molecule has 1 aliphatic rings. The third-order valence-electron chi connectivity index (χ3n) is 4.14. The summed E-state index contributed by atoms with van der Waals surface area (Å²) >= 11 is 0. The number of nitrogens with zero attached hydrogens (tertiary/aromatic N) is 3. The molecule has 2 aromatic rings. The molecular weight excluding hydrogens is 260 g/mol. The first-order valence-corrected chi connectivity index (χ1v) is 7.46. The fourth-order valence-corrected chi connectivity index (χ4v) is 3.10. The predicted molar refractivity (Wildman–Crippen MR) is 83.9 cm³/mol. The molecule has 2 aromatic heterocycles. The van der Waals surface area contributed by atoms with Crippen molar-refractivity contribution in [3.05, 3.63) is 41.3 Å². The number of aromatic nitrogens is 3. The van der Waals surface area contributed by atoms with E-state index < -0.39 is 0 Å². The number of nitrogens with one attached hydrogen (secondary N) is 1. The first-order chi connectivity index (χ1) is 9.98. The molecule has 110 valence electrons. The Morgan fingerprint density at radius 3 is 2.76 bits per heavy atom. The summed E-state index contributed by atoms with van der Waals surface area (Å²) in [4.78, 5) is 13.9. The molecule has 0 saturated carbocycles. The predicted octanol–water partition coefficient (Wildman–Crippen LogP) is 3.08. The third kappa shape index (κ3) is 2.81. The van der Waals surface area contributed by atoms with Gasteiger partial charge in [0.1, 0.15) is 5.69 Å². The van der Waals surface area contributed by atoms with Gasteiger partial charge in [0, 0.05) is 29.2 Å². The summed E-state index contributed by atoms with van der Waals surface area (Å²) in [5, 5.41) is 3.39. The lowest BCUT2D eigenvalue weighted by Gasteiger charge is -2.36. The molecule has 2 heterocycles. The molecule has 4 nitrogen and oxygen atoms in total. The number of aryl methyl sites for hydroxylation is 1. The summed E-state index contributed by atoms with van der Waals surface area (Å²) in [5.74, 6) is 0.727. The van der Waals surface area contributed by atoms with Crippen LogP contribution in [-0.2, 0) is 6.42 Å². The van der Waals surface area contributed by atoms with E-state index in [1.807, 2.05) is 38.4 Å². The summed E-state index contributed by atoms with van der Waals surface area (Å²) in [6.45, 7) is 6.59. The summed E-state index contributed by atoms with van der Waals surface area (Å²) in [6, 6.07) is 6.30. The van der Waals surface area contributed by atoms with Gasteiger partial charge in [-0.05, 0) is 44.4 Å². The second-order valence-corrected chi connectivity index (χ2v) is 6.65. The molecule has 0 radical (unpaired) electrons. The van der Waals surface area contributed by atoms with E-state index in [1.54, 1.807) is 0 Å². The molecule has 0 saturated heterocycles. The summed E-state index contributed by atoms with van der Waals surface area (Å²) < 4.78 is 0. The maximum absolute atomic E-state index is 4.80. The van der Waals surface area contributed by atoms with Gasteiger partial charge in [0.05, 0.1) is 0 Å². The molecule has 0 spiro atoms. The maximum atomic E-state index is 4.80. The first-order valence-electron chi connectivity index (χ1n) is 7.46. The van der Waals surface area contributed by atoms with Crippen molar-refractivity contribution in [2.45, 2.75) is 39.7 Å². The zero-order valence-corrected chi connectivity index (χ0v) is 13.1. The third-order valence-corrected chi connectivity index (χ3v) is 4.14. The van der Waals surface area contributed by atoms with Crippen molar-refractivity contribution in [1.82, 2.24) is 20.3 Å². The van der Waals surface area contributed by atoms with Crippen molar-refractivity contribution in [2.24, 2.45) is 5.41 Å². The summed E-state index contributed by atoms with van der Waals surface area (Å²) in [5.41, 5.74) is 4.48. The fraction of sp³-hybridized carbons (Fsp3) is 0.471. The van der Waals surface area contributed by atoms with E-state index in [2.05, 4.69) is 29.1 Å². The zero-order valence-electron chi connectivity index (χ0n) is 13.1. The van der Waals surface area contributed by atoms with Crippen LogP contribution in [0.15, 0.2) is 24.4 Å². The normalized spacial score (nSPS) is 20.1. The minimum atomic E-state index is 0.256. The van der Waals surface area contributed by atoms with Crippen LogP contribution in [-0.4, -0.2) is 22.0 Å². The highest BCUT2D eigenvalue weighted by molar-refractivity contribution is 5.50. The molecule has 21 heavy (non-hydrogen) atoms. The van der Waals surface area contributed by atoms with Gasteiger partial charge in [0.15, 0.2) is 5.82 Å². The van der Waals surface area contributed by atoms with Crippen LogP contribution in [0.4, 0.5) is 0 Å². The van der Waals surface area contributed by atoms with Crippen LogP contribution >= 0.6 is 0 Å². The fourth-order valence-electron chi connectivity index (χ4n) is 3.10. The Balaban J connectivity index is 2.05. The SMILES string of the molecule is CNC1CC(C)(C)Cc2nc(-c3cccc(C)n3)ncc21. The standard InChI is InChI=1S/C17H22N4/c1-11-6-5-7-13(20-11)16-19-10-12-14(18-4)8-17(2,3)9-15(12)21-16/h5-7,10,14,18H,8-9H2,1-4H3. The van der Waals surface area contributed by atoms with Crippen LogP contribution in [0.1, 0.15) is 43.3 Å². The Labute approximate surface area is 126 Å². The second-order valence-electron chi connectivity index (χ2n) is 6.65. The van der Waals surface area contributed by atoms with E-state index >= 15 is 0 Å². The Hall–Kier alpha value is -1.81. The van der Waals surface area contributed by atoms with E-state index in [4.69, 9.17) is 4.98 Å². The van der Waals surface area contributed by atoms with Gasteiger partial charge in [-0.15, -0.1) is 0 Å². The zero-order chi connectivity index (χ0) is 15.0. The summed E-state index contributed by atoms with van der Waals surface area (Å²) in [6.07, 6.45) is 4.07. The molecule has 3 rings (SSSR count). The maximum Gasteiger partial charge on any atom is 0.178 e.